The van der Waals surface area contributed by atoms with E-state index in [1.54, 1.807) is 6.08 Å². The van der Waals surface area contributed by atoms with Gasteiger partial charge in [-0.15, -0.1) is 6.58 Å². The Bertz CT molecular complexity index is 1490. The quantitative estimate of drug-likeness (QED) is 0.168. The molecule has 0 bridgehead atoms. The predicted octanol–water partition coefficient (Wildman–Crippen LogP) is 5.95. The highest BCUT2D eigenvalue weighted by Crippen LogP contribution is 2.52. The first-order valence-electron chi connectivity index (χ1n) is 13.5. The Balaban J connectivity index is 1.68. The van der Waals surface area contributed by atoms with E-state index in [-0.39, 0.29) is 19.6 Å². The number of carbonyl (C=O) groups is 2. The minimum absolute atomic E-state index is 0.0204. The first-order valence-corrected chi connectivity index (χ1v) is 13.5. The fraction of sp³-hybridized carbons (Fsp3) is 0.200. The van der Waals surface area contributed by atoms with Crippen molar-refractivity contribution in [2.45, 2.75) is 24.6 Å². The summed E-state index contributed by atoms with van der Waals surface area (Å²) in [6.07, 6.45) is 1.57. The summed E-state index contributed by atoms with van der Waals surface area (Å²) in [7, 11) is 1.27. The minimum Gasteiger partial charge on any atom is -0.480 e. The number of nitrogens with one attached hydrogen (secondary N) is 1. The number of rotatable bonds is 12. The lowest BCUT2D eigenvalue weighted by Gasteiger charge is -2.42. The van der Waals surface area contributed by atoms with E-state index in [0.717, 1.165) is 33.4 Å². The summed E-state index contributed by atoms with van der Waals surface area (Å²) in [5, 5.41) is 14.4. The summed E-state index contributed by atoms with van der Waals surface area (Å²) in [4.78, 5) is 27.0. The van der Waals surface area contributed by atoms with Crippen LogP contribution in [0.15, 0.2) is 122 Å². The van der Waals surface area contributed by atoms with Gasteiger partial charge >= 0.3 is 11.9 Å². The Hall–Kier alpha value is -4.52. The van der Waals surface area contributed by atoms with Crippen molar-refractivity contribution in [3.8, 4) is 11.1 Å². The van der Waals surface area contributed by atoms with Gasteiger partial charge in [0.05, 0.1) is 25.9 Å². The normalized spacial score (nSPS) is 15.1. The number of benzene rings is 4. The molecule has 2 unspecified atom stereocenters. The summed E-state index contributed by atoms with van der Waals surface area (Å²) >= 11 is 0. The first-order chi connectivity index (χ1) is 20.0. The van der Waals surface area contributed by atoms with Crippen LogP contribution in [0.4, 0.5) is 0 Å². The molecule has 1 aliphatic rings. The van der Waals surface area contributed by atoms with Crippen molar-refractivity contribution in [2.24, 2.45) is 5.41 Å². The smallest absolute Gasteiger partial charge is 0.322 e. The molecule has 0 heterocycles. The number of fused-ring (bicyclic) bond motifs is 3. The van der Waals surface area contributed by atoms with Crippen LogP contribution in [-0.4, -0.2) is 36.8 Å². The van der Waals surface area contributed by atoms with Crippen LogP contribution >= 0.6 is 0 Å². The van der Waals surface area contributed by atoms with Gasteiger partial charge in [0.25, 0.3) is 0 Å². The van der Waals surface area contributed by atoms with Gasteiger partial charge in [-0.05, 0) is 39.8 Å². The molecule has 0 saturated carbocycles. The number of aliphatic carboxylic acids is 1. The predicted molar refractivity (Wildman–Crippen MR) is 158 cm³/mol. The lowest BCUT2D eigenvalue weighted by atomic mass is 9.73. The van der Waals surface area contributed by atoms with Gasteiger partial charge in [-0.3, -0.25) is 14.9 Å². The second kappa shape index (κ2) is 11.9. The van der Waals surface area contributed by atoms with Crippen molar-refractivity contribution in [1.82, 2.24) is 5.32 Å². The summed E-state index contributed by atoms with van der Waals surface area (Å²) in [5.74, 6) is -1.88. The second-order valence-corrected chi connectivity index (χ2v) is 10.2. The average molecular weight is 548 g/mol. The number of carboxylic acid groups (broad SMARTS) is 1. The van der Waals surface area contributed by atoms with Crippen LogP contribution in [0.2, 0.25) is 0 Å². The fourth-order valence-electron chi connectivity index (χ4n) is 6.03. The zero-order chi connectivity index (χ0) is 28.9. The van der Waals surface area contributed by atoms with Crippen molar-refractivity contribution in [1.29, 1.82) is 0 Å². The Morgan fingerprint density at radius 1 is 0.878 bits per heavy atom. The molecule has 2 atom stereocenters. The third-order valence-electron chi connectivity index (χ3n) is 7.89. The molecular formula is C35H33NO5. The molecule has 0 aromatic heterocycles. The summed E-state index contributed by atoms with van der Waals surface area (Å²) in [6.45, 7) is 3.88. The molecule has 208 valence electrons. The van der Waals surface area contributed by atoms with E-state index in [4.69, 9.17) is 9.47 Å². The van der Waals surface area contributed by atoms with E-state index in [1.807, 2.05) is 109 Å². The second-order valence-electron chi connectivity index (χ2n) is 10.2. The molecule has 6 heteroatoms. The lowest BCUT2D eigenvalue weighted by molar-refractivity contribution is -0.167. The number of carbonyl (C=O) groups excluding carboxylic acids is 1. The third-order valence-corrected chi connectivity index (χ3v) is 7.89. The maximum absolute atomic E-state index is 13.7. The van der Waals surface area contributed by atoms with Gasteiger partial charge in [0, 0.05) is 0 Å². The van der Waals surface area contributed by atoms with Crippen molar-refractivity contribution in [3.05, 3.63) is 144 Å². The van der Waals surface area contributed by atoms with Gasteiger partial charge in [0.2, 0.25) is 0 Å². The van der Waals surface area contributed by atoms with Gasteiger partial charge in [-0.2, -0.15) is 0 Å². The average Bonchev–Trinajstić information content (AvgIpc) is 3.30. The molecule has 0 radical (unpaired) electrons. The maximum Gasteiger partial charge on any atom is 0.322 e. The minimum atomic E-state index is -1.62. The van der Waals surface area contributed by atoms with Gasteiger partial charge in [-0.1, -0.05) is 115 Å². The number of esters is 1. The largest absolute Gasteiger partial charge is 0.480 e. The monoisotopic (exact) mass is 547 g/mol. The van der Waals surface area contributed by atoms with Crippen molar-refractivity contribution in [2.75, 3.05) is 13.7 Å². The molecule has 1 aliphatic carbocycles. The summed E-state index contributed by atoms with van der Waals surface area (Å²) in [6, 6.07) is 33.8. The van der Waals surface area contributed by atoms with E-state index in [9.17, 15) is 14.7 Å². The SMILES string of the molecule is C=CCC(COCc1ccccc1)(C(=O)OC)C(NC1(c2ccccc2)c2ccccc2-c2ccccc21)C(=O)O. The van der Waals surface area contributed by atoms with Crippen LogP contribution in [0.25, 0.3) is 11.1 Å². The van der Waals surface area contributed by atoms with Gasteiger partial charge < -0.3 is 14.6 Å². The van der Waals surface area contributed by atoms with Crippen LogP contribution in [0.3, 0.4) is 0 Å². The van der Waals surface area contributed by atoms with Crippen LogP contribution in [-0.2, 0) is 31.2 Å². The highest BCUT2D eigenvalue weighted by molar-refractivity contribution is 5.89. The summed E-state index contributed by atoms with van der Waals surface area (Å²) in [5.41, 5.74) is 2.87. The topological polar surface area (TPSA) is 84.9 Å². The lowest BCUT2D eigenvalue weighted by Crippen LogP contribution is -2.62. The van der Waals surface area contributed by atoms with Crippen LogP contribution in [0.5, 0.6) is 0 Å². The number of ether oxygens (including phenoxy) is 2. The van der Waals surface area contributed by atoms with Crippen LogP contribution in [0, 0.1) is 5.41 Å². The van der Waals surface area contributed by atoms with E-state index in [1.165, 1.54) is 7.11 Å². The van der Waals surface area contributed by atoms with Crippen LogP contribution < -0.4 is 5.32 Å². The number of allylic oxidation sites excluding steroid dienone is 1. The van der Waals surface area contributed by atoms with Gasteiger partial charge in [-0.25, -0.2) is 0 Å². The van der Waals surface area contributed by atoms with E-state index >= 15 is 0 Å². The third kappa shape index (κ3) is 4.97. The molecule has 0 amide bonds. The summed E-state index contributed by atoms with van der Waals surface area (Å²) < 4.78 is 11.4. The Labute approximate surface area is 240 Å². The number of methoxy groups -OCH3 is 1. The molecular weight excluding hydrogens is 514 g/mol. The number of hydrogen-bond acceptors (Lipinski definition) is 5. The van der Waals surface area contributed by atoms with E-state index in [0.29, 0.717) is 0 Å². The molecule has 4 aromatic rings. The van der Waals surface area contributed by atoms with Gasteiger partial charge in [0.15, 0.2) is 0 Å². The fourth-order valence-corrected chi connectivity index (χ4v) is 6.03. The highest BCUT2D eigenvalue weighted by Gasteiger charge is 2.55. The van der Waals surface area contributed by atoms with E-state index in [2.05, 4.69) is 11.9 Å². The molecule has 2 N–H and O–H groups in total. The van der Waals surface area contributed by atoms with Crippen molar-refractivity contribution in [3.63, 3.8) is 0 Å². The van der Waals surface area contributed by atoms with E-state index < -0.39 is 28.9 Å². The maximum atomic E-state index is 13.7. The first kappa shape index (κ1) is 28.0. The Morgan fingerprint density at radius 3 is 1.95 bits per heavy atom. The zero-order valence-corrected chi connectivity index (χ0v) is 23.0. The number of carboxylic acids is 1. The van der Waals surface area contributed by atoms with Crippen LogP contribution in [0.1, 0.15) is 28.7 Å². The molecule has 0 aliphatic heterocycles. The molecule has 4 aromatic carbocycles. The zero-order valence-electron chi connectivity index (χ0n) is 23.0. The van der Waals surface area contributed by atoms with Crippen molar-refractivity contribution >= 4 is 11.9 Å². The standard InChI is InChI=1S/C35H33NO5/c1-3-22-34(33(39)40-2,24-41-23-25-14-6-4-7-15-25)31(32(37)38)36-35(26-16-8-5-9-17-26)29-20-12-10-18-27(29)28-19-11-13-21-30(28)35/h3-21,31,36H,1,22-24H2,2H3,(H,37,38). The molecule has 6 nitrogen and oxygen atoms in total. The number of hydrogen-bond donors (Lipinski definition) is 2. The molecule has 0 fully saturated rings. The molecule has 0 spiro atoms. The van der Waals surface area contributed by atoms with Crippen molar-refractivity contribution < 1.29 is 24.2 Å². The molecule has 41 heavy (non-hydrogen) atoms. The highest BCUT2D eigenvalue weighted by atomic mass is 16.5. The van der Waals surface area contributed by atoms with Gasteiger partial charge in [0.1, 0.15) is 11.5 Å². The molecule has 0 saturated heterocycles. The Kier molecular flexibility index (Phi) is 8.15. The Morgan fingerprint density at radius 2 is 1.41 bits per heavy atom. The molecule has 5 rings (SSSR count).